The lowest BCUT2D eigenvalue weighted by Gasteiger charge is -2.37. The van der Waals surface area contributed by atoms with Crippen LogP contribution in [0.15, 0.2) is 95.6 Å². The zero-order valence-electron chi connectivity index (χ0n) is 28.4. The van der Waals surface area contributed by atoms with E-state index in [2.05, 4.69) is 53.0 Å². The Morgan fingerprint density at radius 2 is 2.02 bits per heavy atom. The largest absolute Gasteiger partial charge is 0.494 e. The third-order valence-corrected chi connectivity index (χ3v) is 8.50. The topological polar surface area (TPSA) is 143 Å². The highest BCUT2D eigenvalue weighted by atomic mass is 16.5. The number of carbonyl (C=O) groups is 2. The van der Waals surface area contributed by atoms with E-state index in [0.717, 1.165) is 49.0 Å². The van der Waals surface area contributed by atoms with Crippen LogP contribution in [0.25, 0.3) is 11.1 Å². The van der Waals surface area contributed by atoms with Crippen LogP contribution in [0.2, 0.25) is 0 Å². The summed E-state index contributed by atoms with van der Waals surface area (Å²) in [6, 6.07) is 7.88. The Bertz CT molecular complexity index is 1700. The number of nitrogens with one attached hydrogen (secondary N) is 3. The Labute approximate surface area is 282 Å². The molecule has 1 atom stereocenters. The summed E-state index contributed by atoms with van der Waals surface area (Å²) in [5.74, 6) is 1.52. The number of hydrogen-bond acceptors (Lipinski definition) is 8. The maximum atomic E-state index is 12.6. The molecule has 11 heteroatoms. The molecular formula is C37H45N7O4. The summed E-state index contributed by atoms with van der Waals surface area (Å²) in [6.07, 6.45) is 15.2. The van der Waals surface area contributed by atoms with Crippen molar-refractivity contribution in [3.63, 3.8) is 0 Å². The van der Waals surface area contributed by atoms with E-state index in [9.17, 15) is 9.59 Å². The van der Waals surface area contributed by atoms with Crippen LogP contribution in [0, 0.1) is 23.2 Å². The molecule has 2 aliphatic rings. The molecule has 48 heavy (non-hydrogen) atoms. The van der Waals surface area contributed by atoms with Gasteiger partial charge in [-0.1, -0.05) is 45.2 Å². The van der Waals surface area contributed by atoms with E-state index in [1.807, 2.05) is 53.5 Å². The lowest BCUT2D eigenvalue weighted by atomic mass is 9.89. The third-order valence-electron chi connectivity index (χ3n) is 8.50. The van der Waals surface area contributed by atoms with Crippen molar-refractivity contribution in [2.45, 2.75) is 58.1 Å². The molecule has 1 aromatic heterocycles. The molecule has 3 N–H and O–H groups in total. The number of allylic oxidation sites excluding steroid dienone is 5. The molecule has 4 rings (SSSR count). The summed E-state index contributed by atoms with van der Waals surface area (Å²) in [4.78, 5) is 29.3. The lowest BCUT2D eigenvalue weighted by Crippen LogP contribution is -2.34. The number of benzene rings is 1. The van der Waals surface area contributed by atoms with Gasteiger partial charge in [0.15, 0.2) is 0 Å². The number of likely N-dealkylation sites (N-methyl/N-ethyl adjacent to an activating group) is 1. The van der Waals surface area contributed by atoms with E-state index < -0.39 is 0 Å². The van der Waals surface area contributed by atoms with Gasteiger partial charge >= 0.3 is 0 Å². The van der Waals surface area contributed by atoms with Crippen LogP contribution in [0.3, 0.4) is 0 Å². The van der Waals surface area contributed by atoms with E-state index in [1.54, 1.807) is 26.3 Å². The average Bonchev–Trinajstić information content (AvgIpc) is 3.83. The number of amides is 2. The van der Waals surface area contributed by atoms with Gasteiger partial charge in [-0.25, -0.2) is 0 Å². The van der Waals surface area contributed by atoms with Crippen molar-refractivity contribution in [3.05, 3.63) is 90.7 Å². The van der Waals surface area contributed by atoms with E-state index in [0.29, 0.717) is 28.5 Å². The number of amidine groups is 1. The van der Waals surface area contributed by atoms with Gasteiger partial charge in [0, 0.05) is 67.7 Å². The number of rotatable bonds is 15. The number of carbonyl (C=O) groups excluding carboxylic acids is 2. The number of aromatic nitrogens is 2. The average molecular weight is 652 g/mol. The van der Waals surface area contributed by atoms with Gasteiger partial charge in [-0.3, -0.25) is 19.3 Å². The van der Waals surface area contributed by atoms with Crippen LogP contribution < -0.4 is 20.7 Å². The molecule has 11 nitrogen and oxygen atoms in total. The molecule has 0 spiro atoms. The van der Waals surface area contributed by atoms with Crippen molar-refractivity contribution in [1.29, 1.82) is 5.26 Å². The van der Waals surface area contributed by atoms with Crippen LogP contribution in [0.4, 0.5) is 5.69 Å². The van der Waals surface area contributed by atoms with E-state index in [1.165, 1.54) is 7.05 Å². The second-order valence-corrected chi connectivity index (χ2v) is 11.9. The zero-order chi connectivity index (χ0) is 34.8. The minimum atomic E-state index is -0.384. The number of aliphatic imine (C=N–C) groups is 1. The molecule has 0 saturated heterocycles. The molecular weight excluding hydrogens is 606 g/mol. The Morgan fingerprint density at radius 1 is 1.27 bits per heavy atom. The maximum absolute atomic E-state index is 12.6. The summed E-state index contributed by atoms with van der Waals surface area (Å²) in [6.45, 7) is 11.9. The molecule has 0 aliphatic heterocycles. The highest BCUT2D eigenvalue weighted by Crippen LogP contribution is 2.40. The normalized spacial score (nSPS) is 18.7. The quantitative estimate of drug-likeness (QED) is 0.0536. The van der Waals surface area contributed by atoms with E-state index in [4.69, 9.17) is 14.7 Å². The molecule has 2 amide bonds. The second kappa shape index (κ2) is 16.5. The van der Waals surface area contributed by atoms with Crippen molar-refractivity contribution >= 4 is 23.3 Å². The predicted octanol–water partition coefficient (Wildman–Crippen LogP) is 6.00. The van der Waals surface area contributed by atoms with Crippen LogP contribution >= 0.6 is 0 Å². The van der Waals surface area contributed by atoms with Gasteiger partial charge in [0.05, 0.1) is 48.1 Å². The van der Waals surface area contributed by atoms with Crippen LogP contribution in [0.1, 0.15) is 52.0 Å². The first kappa shape index (κ1) is 35.5. The van der Waals surface area contributed by atoms with Gasteiger partial charge in [-0.15, -0.1) is 0 Å². The Balaban J connectivity index is 1.51. The molecule has 2 aliphatic carbocycles. The van der Waals surface area contributed by atoms with Gasteiger partial charge in [-0.2, -0.15) is 10.4 Å². The van der Waals surface area contributed by atoms with Crippen molar-refractivity contribution in [2.75, 3.05) is 26.5 Å². The smallest absolute Gasteiger partial charge is 0.252 e. The number of methoxy groups -OCH3 is 1. The molecule has 2 saturated carbocycles. The van der Waals surface area contributed by atoms with Gasteiger partial charge in [0.2, 0.25) is 5.91 Å². The molecule has 2 fully saturated rings. The fourth-order valence-electron chi connectivity index (χ4n) is 5.10. The Hall–Kier alpha value is -5.37. The number of nitrogens with zero attached hydrogens (tertiary/aromatic N) is 4. The number of para-hydroxylation sites is 1. The molecule has 2 aromatic rings. The Kier molecular flexibility index (Phi) is 12.2. The third kappa shape index (κ3) is 8.91. The molecule has 1 heterocycles. The monoisotopic (exact) mass is 651 g/mol. The standard InChI is InChI=1S/C37H45N7O4/c1-8-24(3)33(14-9-11-23(2)20-38)48-29-17-28(18-29)44-22-27(21-41-44)30-12-10-13-31(35(30)47-7)42-32(25(4)36(45)40-6)19-34(39-5)43-37(46)26-15-16-26/h9-14,19,21-22,24,26,28-29,42H,2,4,8,15-18H2,1,3,5-7H3,(H,40,45)(H,39,43,46)/b11-9-,32-19+,33-14+. The maximum Gasteiger partial charge on any atom is 0.252 e. The number of hydrogen-bond donors (Lipinski definition) is 3. The number of nitriles is 1. The van der Waals surface area contributed by atoms with E-state index >= 15 is 0 Å². The highest BCUT2D eigenvalue weighted by molar-refractivity contribution is 6.08. The fourth-order valence-corrected chi connectivity index (χ4v) is 5.10. The van der Waals surface area contributed by atoms with Crippen LogP contribution in [-0.4, -0.2) is 54.7 Å². The fraction of sp³-hybridized carbons (Fsp3) is 0.378. The summed E-state index contributed by atoms with van der Waals surface area (Å²) in [5, 5.41) is 22.3. The molecule has 252 valence electrons. The molecule has 0 radical (unpaired) electrons. The summed E-state index contributed by atoms with van der Waals surface area (Å²) in [5.41, 5.74) is 3.18. The van der Waals surface area contributed by atoms with E-state index in [-0.39, 0.29) is 41.4 Å². The van der Waals surface area contributed by atoms with Gasteiger partial charge in [0.25, 0.3) is 5.91 Å². The zero-order valence-corrected chi connectivity index (χ0v) is 28.4. The first-order chi connectivity index (χ1) is 23.1. The Morgan fingerprint density at radius 3 is 2.65 bits per heavy atom. The first-order valence-corrected chi connectivity index (χ1v) is 16.1. The minimum absolute atomic E-state index is 0.00626. The van der Waals surface area contributed by atoms with Crippen molar-refractivity contribution < 1.29 is 19.1 Å². The van der Waals surface area contributed by atoms with Crippen LogP contribution in [-0.2, 0) is 14.3 Å². The van der Waals surface area contributed by atoms with Crippen molar-refractivity contribution in [1.82, 2.24) is 20.4 Å². The highest BCUT2D eigenvalue weighted by Gasteiger charge is 2.34. The second-order valence-electron chi connectivity index (χ2n) is 11.9. The van der Waals surface area contributed by atoms with Crippen molar-refractivity contribution in [3.8, 4) is 22.9 Å². The summed E-state index contributed by atoms with van der Waals surface area (Å²) in [7, 11) is 4.69. The first-order valence-electron chi connectivity index (χ1n) is 16.1. The molecule has 1 aromatic carbocycles. The molecule has 0 bridgehead atoms. The van der Waals surface area contributed by atoms with Crippen molar-refractivity contribution in [2.24, 2.45) is 16.8 Å². The minimum Gasteiger partial charge on any atom is -0.494 e. The SMILES string of the molecule is C=C(C#N)/C=C\C=C(\OC1CC(n2cc(-c3cccc(N/C(=C/C(=NC)NC(=O)C4CC4)C(=C)C(=O)NC)c3OC)cn2)C1)C(C)CC. The van der Waals surface area contributed by atoms with Gasteiger partial charge in [0.1, 0.15) is 17.7 Å². The lowest BCUT2D eigenvalue weighted by molar-refractivity contribution is -0.120. The van der Waals surface area contributed by atoms with Gasteiger partial charge in [-0.05, 0) is 37.5 Å². The number of ether oxygens (including phenoxy) is 2. The summed E-state index contributed by atoms with van der Waals surface area (Å²) < 4.78 is 14.2. The predicted molar refractivity (Wildman–Crippen MR) is 188 cm³/mol. The summed E-state index contributed by atoms with van der Waals surface area (Å²) >= 11 is 0. The van der Waals surface area contributed by atoms with Crippen LogP contribution in [0.5, 0.6) is 5.75 Å². The molecule has 1 unspecified atom stereocenters. The number of anilines is 1. The van der Waals surface area contributed by atoms with Gasteiger partial charge < -0.3 is 25.4 Å².